The van der Waals surface area contributed by atoms with Crippen LogP contribution in [0.25, 0.3) is 0 Å². The first-order valence-electron chi connectivity index (χ1n) is 13.3. The Morgan fingerprint density at radius 3 is 2.12 bits per heavy atom. The van der Waals surface area contributed by atoms with Gasteiger partial charge in [0.1, 0.15) is 11.9 Å². The van der Waals surface area contributed by atoms with Crippen molar-refractivity contribution in [3.05, 3.63) is 107 Å². The van der Waals surface area contributed by atoms with E-state index in [0.29, 0.717) is 29.3 Å². The lowest BCUT2D eigenvalue weighted by Crippen LogP contribution is -2.51. The van der Waals surface area contributed by atoms with E-state index in [1.165, 1.54) is 11.9 Å². The summed E-state index contributed by atoms with van der Waals surface area (Å²) in [6.07, 6.45) is -4.43. The topological polar surface area (TPSA) is 86.8 Å². The number of alkyl halides is 3. The number of carbonyl (C=O) groups excluding carboxylic acids is 4. The lowest BCUT2D eigenvalue weighted by molar-refractivity contribution is -0.144. The average Bonchev–Trinajstić information content (AvgIpc) is 3.16. The maximum absolute atomic E-state index is 14.5. The highest BCUT2D eigenvalue weighted by molar-refractivity contribution is 6.10. The van der Waals surface area contributed by atoms with Crippen LogP contribution in [0.5, 0.6) is 0 Å². The van der Waals surface area contributed by atoms with Gasteiger partial charge in [-0.1, -0.05) is 60.7 Å². The SMILES string of the molecule is CN1C(=O)C(c2ccccc2)C2(CCN(C(=O)[C@H](NC(=O)c3cc(C(F)(F)F)ccc3F)c3ccccc3)CC2)C1=O. The number of nitrogens with one attached hydrogen (secondary N) is 1. The number of nitrogens with zero attached hydrogens (tertiary/aromatic N) is 2. The molecule has 0 saturated carbocycles. The van der Waals surface area contributed by atoms with E-state index in [9.17, 15) is 36.7 Å². The van der Waals surface area contributed by atoms with Crippen molar-refractivity contribution in [2.45, 2.75) is 31.0 Å². The fraction of sp³-hybridized carbons (Fsp3) is 0.290. The maximum atomic E-state index is 14.5. The summed E-state index contributed by atoms with van der Waals surface area (Å²) < 4.78 is 54.2. The molecular formula is C31H27F4N3O4. The van der Waals surface area contributed by atoms with E-state index in [1.54, 1.807) is 54.6 Å². The lowest BCUT2D eigenvalue weighted by atomic mass is 9.67. The molecule has 7 nitrogen and oxygen atoms in total. The third kappa shape index (κ3) is 5.15. The van der Waals surface area contributed by atoms with Gasteiger partial charge in [-0.25, -0.2) is 4.39 Å². The van der Waals surface area contributed by atoms with Crippen molar-refractivity contribution in [3.63, 3.8) is 0 Å². The van der Waals surface area contributed by atoms with E-state index in [2.05, 4.69) is 5.32 Å². The molecule has 1 spiro atoms. The number of piperidine rings is 1. The molecule has 1 N–H and O–H groups in total. The molecule has 4 amide bonds. The molecule has 0 radical (unpaired) electrons. The van der Waals surface area contributed by atoms with Gasteiger partial charge in [0.05, 0.1) is 22.5 Å². The number of imide groups is 1. The third-order valence-corrected chi connectivity index (χ3v) is 8.15. The minimum Gasteiger partial charge on any atom is -0.341 e. The van der Waals surface area contributed by atoms with Crippen LogP contribution < -0.4 is 5.32 Å². The van der Waals surface area contributed by atoms with E-state index in [0.717, 1.165) is 4.90 Å². The molecule has 2 saturated heterocycles. The molecule has 0 aromatic heterocycles. The third-order valence-electron chi connectivity index (χ3n) is 8.15. The minimum atomic E-state index is -4.80. The van der Waals surface area contributed by atoms with Gasteiger partial charge in [-0.15, -0.1) is 0 Å². The number of halogens is 4. The predicted molar refractivity (Wildman–Crippen MR) is 143 cm³/mol. The fourth-order valence-electron chi connectivity index (χ4n) is 5.92. The van der Waals surface area contributed by atoms with Crippen molar-refractivity contribution in [2.75, 3.05) is 20.1 Å². The van der Waals surface area contributed by atoms with E-state index < -0.39 is 52.3 Å². The number of likely N-dealkylation sites (tertiary alicyclic amines) is 2. The summed E-state index contributed by atoms with van der Waals surface area (Å²) in [5.74, 6) is -4.26. The Bertz CT molecular complexity index is 1520. The Balaban J connectivity index is 1.40. The smallest absolute Gasteiger partial charge is 0.341 e. The van der Waals surface area contributed by atoms with Crippen LogP contribution in [0.4, 0.5) is 17.6 Å². The number of amides is 4. The van der Waals surface area contributed by atoms with Crippen LogP contribution in [-0.2, 0) is 20.6 Å². The van der Waals surface area contributed by atoms with Gasteiger partial charge >= 0.3 is 6.18 Å². The molecule has 2 heterocycles. The summed E-state index contributed by atoms with van der Waals surface area (Å²) in [6, 6.07) is 17.2. The Morgan fingerprint density at radius 2 is 1.52 bits per heavy atom. The monoisotopic (exact) mass is 581 g/mol. The first-order valence-corrected chi connectivity index (χ1v) is 13.3. The van der Waals surface area contributed by atoms with Crippen LogP contribution in [0, 0.1) is 11.2 Å². The van der Waals surface area contributed by atoms with Gasteiger partial charge in [0.25, 0.3) is 5.91 Å². The molecule has 5 rings (SSSR count). The predicted octanol–water partition coefficient (Wildman–Crippen LogP) is 4.71. The van der Waals surface area contributed by atoms with Crippen LogP contribution >= 0.6 is 0 Å². The Hall–Kier alpha value is -4.54. The minimum absolute atomic E-state index is 0.0894. The second-order valence-corrected chi connectivity index (χ2v) is 10.5. The van der Waals surface area contributed by atoms with Crippen molar-refractivity contribution in [2.24, 2.45) is 5.41 Å². The standard InChI is InChI=1S/C31H27F4N3O4/c1-37-27(40)24(19-8-4-2-5-9-19)30(29(37)42)14-16-38(17-15-30)28(41)25(20-10-6-3-7-11-20)36-26(39)22-18-21(31(33,34)35)12-13-23(22)32/h2-13,18,24-25H,14-17H2,1H3,(H,36,39)/t24?,25-/m1/s1. The average molecular weight is 582 g/mol. The van der Waals surface area contributed by atoms with Gasteiger partial charge in [-0.2, -0.15) is 13.2 Å². The highest BCUT2D eigenvalue weighted by atomic mass is 19.4. The largest absolute Gasteiger partial charge is 0.416 e. The molecule has 3 aromatic carbocycles. The summed E-state index contributed by atoms with van der Waals surface area (Å²) in [7, 11) is 1.45. The van der Waals surface area contributed by atoms with Crippen LogP contribution in [0.1, 0.15) is 51.8 Å². The quantitative estimate of drug-likeness (QED) is 0.350. The molecule has 2 aliphatic rings. The number of hydrogen-bond acceptors (Lipinski definition) is 4. The van der Waals surface area contributed by atoms with Crippen molar-refractivity contribution >= 4 is 23.6 Å². The zero-order chi connectivity index (χ0) is 30.2. The highest BCUT2D eigenvalue weighted by Crippen LogP contribution is 2.51. The second-order valence-electron chi connectivity index (χ2n) is 10.5. The van der Waals surface area contributed by atoms with Gasteiger partial charge in [0, 0.05) is 20.1 Å². The number of rotatable bonds is 5. The summed E-state index contributed by atoms with van der Waals surface area (Å²) >= 11 is 0. The van der Waals surface area contributed by atoms with Crippen molar-refractivity contribution < 1.29 is 36.7 Å². The van der Waals surface area contributed by atoms with Gasteiger partial charge in [-0.05, 0) is 42.2 Å². The maximum Gasteiger partial charge on any atom is 0.416 e. The van der Waals surface area contributed by atoms with E-state index in [4.69, 9.17) is 0 Å². The number of likely N-dealkylation sites (N-methyl/N-ethyl adjacent to an activating group) is 1. The summed E-state index contributed by atoms with van der Waals surface area (Å²) in [5, 5.41) is 2.42. The van der Waals surface area contributed by atoms with Gasteiger partial charge in [0.2, 0.25) is 17.7 Å². The summed E-state index contributed by atoms with van der Waals surface area (Å²) in [4.78, 5) is 56.0. The van der Waals surface area contributed by atoms with E-state index >= 15 is 0 Å². The first-order chi connectivity index (χ1) is 19.9. The number of hydrogen-bond donors (Lipinski definition) is 1. The van der Waals surface area contributed by atoms with Crippen LogP contribution in [0.15, 0.2) is 78.9 Å². The van der Waals surface area contributed by atoms with Crippen molar-refractivity contribution in [3.8, 4) is 0 Å². The summed E-state index contributed by atoms with van der Waals surface area (Å²) in [5.41, 5.74) is -2.04. The Morgan fingerprint density at radius 1 is 0.929 bits per heavy atom. The summed E-state index contributed by atoms with van der Waals surface area (Å²) in [6.45, 7) is 0.179. The molecule has 1 unspecified atom stereocenters. The van der Waals surface area contributed by atoms with Crippen LogP contribution in [0.3, 0.4) is 0 Å². The van der Waals surface area contributed by atoms with Gasteiger partial charge in [-0.3, -0.25) is 24.1 Å². The number of carbonyl (C=O) groups is 4. The molecule has 2 fully saturated rings. The molecule has 42 heavy (non-hydrogen) atoms. The lowest BCUT2D eigenvalue weighted by Gasteiger charge is -2.41. The molecule has 0 bridgehead atoms. The molecule has 0 aliphatic carbocycles. The zero-order valence-electron chi connectivity index (χ0n) is 22.5. The molecule has 2 atom stereocenters. The highest BCUT2D eigenvalue weighted by Gasteiger charge is 2.59. The van der Waals surface area contributed by atoms with Gasteiger partial charge < -0.3 is 10.2 Å². The van der Waals surface area contributed by atoms with Crippen LogP contribution in [-0.4, -0.2) is 53.6 Å². The van der Waals surface area contributed by atoms with Crippen LogP contribution in [0.2, 0.25) is 0 Å². The fourth-order valence-corrected chi connectivity index (χ4v) is 5.92. The Labute approximate surface area is 239 Å². The Kier molecular flexibility index (Phi) is 7.61. The zero-order valence-corrected chi connectivity index (χ0v) is 22.5. The van der Waals surface area contributed by atoms with Gasteiger partial charge in [0.15, 0.2) is 0 Å². The van der Waals surface area contributed by atoms with E-state index in [1.807, 2.05) is 6.07 Å². The number of benzene rings is 3. The molecular weight excluding hydrogens is 554 g/mol. The van der Waals surface area contributed by atoms with Crippen molar-refractivity contribution in [1.82, 2.24) is 15.1 Å². The second kappa shape index (κ2) is 11.0. The molecule has 3 aromatic rings. The van der Waals surface area contributed by atoms with E-state index in [-0.39, 0.29) is 37.7 Å². The van der Waals surface area contributed by atoms with Crippen molar-refractivity contribution in [1.29, 1.82) is 0 Å². The first kappa shape index (κ1) is 29.0. The molecule has 11 heteroatoms. The molecule has 2 aliphatic heterocycles. The molecule has 218 valence electrons. The normalized spacial score (nSPS) is 19.2.